The van der Waals surface area contributed by atoms with Crippen LogP contribution in [0.1, 0.15) is 25.7 Å². The topological polar surface area (TPSA) is 55.4 Å². The Balaban J connectivity index is 1.92. The highest BCUT2D eigenvalue weighted by Gasteiger charge is 2.40. The third kappa shape index (κ3) is 1.74. The predicted octanol–water partition coefficient (Wildman–Crippen LogP) is 0.464. The standard InChI is InChI=1S/C10H15NO3/c1-14-10(13)7-4-5-8(6-2-3-6)11-9(7)12/h6-8H,2-5H2,1H3,(H,11,12)/t7-,8-/m1/s1. The van der Waals surface area contributed by atoms with Crippen LogP contribution in [0.25, 0.3) is 0 Å². The van der Waals surface area contributed by atoms with Gasteiger partial charge in [0.15, 0.2) is 0 Å². The van der Waals surface area contributed by atoms with Crippen molar-refractivity contribution in [2.75, 3.05) is 7.11 Å². The molecule has 14 heavy (non-hydrogen) atoms. The molecule has 0 unspecified atom stereocenters. The summed E-state index contributed by atoms with van der Waals surface area (Å²) in [5.41, 5.74) is 0. The monoisotopic (exact) mass is 197 g/mol. The quantitative estimate of drug-likeness (QED) is 0.517. The van der Waals surface area contributed by atoms with E-state index in [9.17, 15) is 9.59 Å². The van der Waals surface area contributed by atoms with Gasteiger partial charge in [-0.05, 0) is 31.6 Å². The average Bonchev–Trinajstić information content (AvgIpc) is 3.00. The van der Waals surface area contributed by atoms with Crippen LogP contribution in [0.4, 0.5) is 0 Å². The first-order valence-electron chi connectivity index (χ1n) is 5.10. The molecule has 2 aliphatic rings. The van der Waals surface area contributed by atoms with Crippen molar-refractivity contribution in [2.24, 2.45) is 11.8 Å². The van der Waals surface area contributed by atoms with Gasteiger partial charge in [-0.1, -0.05) is 0 Å². The van der Waals surface area contributed by atoms with E-state index in [0.717, 1.165) is 6.42 Å². The molecule has 1 aliphatic carbocycles. The molecule has 1 amide bonds. The van der Waals surface area contributed by atoms with Gasteiger partial charge in [-0.25, -0.2) is 0 Å². The highest BCUT2D eigenvalue weighted by atomic mass is 16.5. The minimum Gasteiger partial charge on any atom is -0.468 e. The van der Waals surface area contributed by atoms with Crippen LogP contribution in [-0.2, 0) is 14.3 Å². The normalized spacial score (nSPS) is 32.2. The summed E-state index contributed by atoms with van der Waals surface area (Å²) in [6, 6.07) is 0.309. The van der Waals surface area contributed by atoms with Crippen LogP contribution in [-0.4, -0.2) is 25.0 Å². The Hall–Kier alpha value is -1.06. The Morgan fingerprint density at radius 1 is 1.36 bits per heavy atom. The second kappa shape index (κ2) is 3.59. The van der Waals surface area contributed by atoms with Gasteiger partial charge in [-0.2, -0.15) is 0 Å². The Kier molecular flexibility index (Phi) is 2.44. The SMILES string of the molecule is COC(=O)[C@@H]1CC[C@H](C2CC2)NC1=O. The lowest BCUT2D eigenvalue weighted by molar-refractivity contribution is -0.151. The molecule has 1 saturated carbocycles. The van der Waals surface area contributed by atoms with Crippen LogP contribution >= 0.6 is 0 Å². The fourth-order valence-electron chi connectivity index (χ4n) is 2.05. The molecule has 0 bridgehead atoms. The van der Waals surface area contributed by atoms with Gasteiger partial charge in [-0.3, -0.25) is 9.59 Å². The van der Waals surface area contributed by atoms with Gasteiger partial charge in [-0.15, -0.1) is 0 Å². The molecular formula is C10H15NO3. The molecule has 0 aromatic heterocycles. The van der Waals surface area contributed by atoms with Crippen molar-refractivity contribution in [1.82, 2.24) is 5.32 Å². The van der Waals surface area contributed by atoms with Crippen LogP contribution in [0, 0.1) is 11.8 Å². The largest absolute Gasteiger partial charge is 0.468 e. The minimum absolute atomic E-state index is 0.153. The fourth-order valence-corrected chi connectivity index (χ4v) is 2.05. The summed E-state index contributed by atoms with van der Waals surface area (Å²) < 4.78 is 4.57. The fraction of sp³-hybridized carbons (Fsp3) is 0.800. The number of nitrogens with one attached hydrogen (secondary N) is 1. The summed E-state index contributed by atoms with van der Waals surface area (Å²) in [4.78, 5) is 22.7. The Morgan fingerprint density at radius 2 is 2.07 bits per heavy atom. The molecule has 78 valence electrons. The summed E-state index contributed by atoms with van der Waals surface area (Å²) in [6.07, 6.45) is 3.98. The number of hydrogen-bond acceptors (Lipinski definition) is 3. The van der Waals surface area contributed by atoms with Crippen molar-refractivity contribution < 1.29 is 14.3 Å². The first-order chi connectivity index (χ1) is 6.72. The highest BCUT2D eigenvalue weighted by molar-refractivity contribution is 5.98. The zero-order valence-corrected chi connectivity index (χ0v) is 8.29. The van der Waals surface area contributed by atoms with E-state index in [1.807, 2.05) is 0 Å². The Morgan fingerprint density at radius 3 is 2.57 bits per heavy atom. The number of methoxy groups -OCH3 is 1. The number of carbonyl (C=O) groups is 2. The molecule has 4 nitrogen and oxygen atoms in total. The van der Waals surface area contributed by atoms with E-state index < -0.39 is 11.9 Å². The van der Waals surface area contributed by atoms with Gasteiger partial charge >= 0.3 is 5.97 Å². The molecule has 2 atom stereocenters. The molecule has 0 radical (unpaired) electrons. The van der Waals surface area contributed by atoms with Crippen molar-refractivity contribution in [3.05, 3.63) is 0 Å². The summed E-state index contributed by atoms with van der Waals surface area (Å²) in [6.45, 7) is 0. The molecule has 0 aromatic carbocycles. The lowest BCUT2D eigenvalue weighted by atomic mass is 9.92. The zero-order valence-electron chi connectivity index (χ0n) is 8.29. The van der Waals surface area contributed by atoms with Gasteiger partial charge in [0, 0.05) is 6.04 Å². The van der Waals surface area contributed by atoms with Crippen LogP contribution in [0.3, 0.4) is 0 Å². The smallest absolute Gasteiger partial charge is 0.318 e. The number of esters is 1. The number of amides is 1. The maximum atomic E-state index is 11.5. The second-order valence-electron chi connectivity index (χ2n) is 4.11. The van der Waals surface area contributed by atoms with Crippen molar-refractivity contribution in [3.8, 4) is 0 Å². The average molecular weight is 197 g/mol. The molecule has 1 N–H and O–H groups in total. The number of rotatable bonds is 2. The van der Waals surface area contributed by atoms with E-state index in [0.29, 0.717) is 18.4 Å². The zero-order chi connectivity index (χ0) is 10.1. The lowest BCUT2D eigenvalue weighted by Crippen LogP contribution is -2.47. The Labute approximate surface area is 83.0 Å². The summed E-state index contributed by atoms with van der Waals surface area (Å²) >= 11 is 0. The van der Waals surface area contributed by atoms with E-state index in [-0.39, 0.29) is 5.91 Å². The van der Waals surface area contributed by atoms with E-state index in [1.165, 1.54) is 20.0 Å². The number of ether oxygens (including phenoxy) is 1. The Bertz CT molecular complexity index is 260. The van der Waals surface area contributed by atoms with Crippen molar-refractivity contribution in [3.63, 3.8) is 0 Å². The van der Waals surface area contributed by atoms with Crippen LogP contribution in [0.5, 0.6) is 0 Å². The predicted molar refractivity (Wildman–Crippen MR) is 49.4 cm³/mol. The molecule has 2 fully saturated rings. The van der Waals surface area contributed by atoms with E-state index in [2.05, 4.69) is 10.1 Å². The highest BCUT2D eigenvalue weighted by Crippen LogP contribution is 2.36. The number of hydrogen-bond donors (Lipinski definition) is 1. The van der Waals surface area contributed by atoms with Crippen LogP contribution in [0.15, 0.2) is 0 Å². The van der Waals surface area contributed by atoms with Crippen molar-refractivity contribution in [1.29, 1.82) is 0 Å². The molecule has 1 aliphatic heterocycles. The molecule has 1 saturated heterocycles. The lowest BCUT2D eigenvalue weighted by Gasteiger charge is -2.27. The van der Waals surface area contributed by atoms with Gasteiger partial charge in [0.1, 0.15) is 5.92 Å². The maximum Gasteiger partial charge on any atom is 0.318 e. The molecule has 2 rings (SSSR count). The first kappa shape index (κ1) is 9.49. The third-order valence-electron chi connectivity index (χ3n) is 3.09. The van der Waals surface area contributed by atoms with Gasteiger partial charge in [0.05, 0.1) is 7.11 Å². The molecular weight excluding hydrogens is 182 g/mol. The molecule has 0 spiro atoms. The minimum atomic E-state index is -0.574. The molecule has 4 heteroatoms. The summed E-state index contributed by atoms with van der Waals surface area (Å²) in [5.74, 6) is -0.468. The van der Waals surface area contributed by atoms with Crippen LogP contribution < -0.4 is 5.32 Å². The number of carbonyl (C=O) groups excluding carboxylic acids is 2. The first-order valence-corrected chi connectivity index (χ1v) is 5.10. The van der Waals surface area contributed by atoms with Gasteiger partial charge in [0.2, 0.25) is 5.91 Å². The van der Waals surface area contributed by atoms with Gasteiger partial charge in [0.25, 0.3) is 0 Å². The van der Waals surface area contributed by atoms with Crippen molar-refractivity contribution >= 4 is 11.9 Å². The van der Waals surface area contributed by atoms with E-state index in [1.54, 1.807) is 0 Å². The summed E-state index contributed by atoms with van der Waals surface area (Å²) in [5, 5.41) is 2.90. The molecule has 1 heterocycles. The van der Waals surface area contributed by atoms with E-state index in [4.69, 9.17) is 0 Å². The van der Waals surface area contributed by atoms with E-state index >= 15 is 0 Å². The summed E-state index contributed by atoms with van der Waals surface area (Å²) in [7, 11) is 1.32. The molecule has 0 aromatic rings. The second-order valence-corrected chi connectivity index (χ2v) is 4.11. The maximum absolute atomic E-state index is 11.5. The third-order valence-corrected chi connectivity index (χ3v) is 3.09. The number of piperidine rings is 1. The van der Waals surface area contributed by atoms with Gasteiger partial charge < -0.3 is 10.1 Å². The van der Waals surface area contributed by atoms with Crippen molar-refractivity contribution in [2.45, 2.75) is 31.7 Å². The van der Waals surface area contributed by atoms with Crippen LogP contribution in [0.2, 0.25) is 0 Å².